The number of amides is 1. The molecular weight excluding hydrogens is 218 g/mol. The molecule has 0 N–H and O–H groups in total. The Hall–Kier alpha value is -0.610. The molecule has 0 rings (SSSR count). The van der Waals surface area contributed by atoms with Gasteiger partial charge in [0.1, 0.15) is 0 Å². The topological polar surface area (TPSA) is 38.8 Å². The molecule has 0 aliphatic heterocycles. The van der Waals surface area contributed by atoms with Crippen LogP contribution in [0.25, 0.3) is 0 Å². The number of ether oxygens (including phenoxy) is 2. The first-order valence-corrected chi connectivity index (χ1v) is 6.38. The lowest BCUT2D eigenvalue weighted by Crippen LogP contribution is -2.43. The highest BCUT2D eigenvalue weighted by molar-refractivity contribution is 5.81. The van der Waals surface area contributed by atoms with Gasteiger partial charge in [0, 0.05) is 31.7 Å². The van der Waals surface area contributed by atoms with Crippen molar-refractivity contribution >= 4 is 5.91 Å². The Bertz CT molecular complexity index is 201. The molecule has 0 saturated heterocycles. The summed E-state index contributed by atoms with van der Waals surface area (Å²) >= 11 is 0. The quantitative estimate of drug-likeness (QED) is 0.613. The van der Waals surface area contributed by atoms with Crippen molar-refractivity contribution in [2.75, 3.05) is 39.5 Å². The normalized spacial score (nSPS) is 11.6. The first-order chi connectivity index (χ1) is 7.93. The van der Waals surface area contributed by atoms with Gasteiger partial charge in [0.05, 0.1) is 13.2 Å². The van der Waals surface area contributed by atoms with Crippen LogP contribution in [-0.2, 0) is 14.3 Å². The second-order valence-electron chi connectivity index (χ2n) is 4.94. The predicted molar refractivity (Wildman–Crippen MR) is 69.0 cm³/mol. The third-order valence-electron chi connectivity index (χ3n) is 2.35. The first-order valence-electron chi connectivity index (χ1n) is 6.38. The lowest BCUT2D eigenvalue weighted by molar-refractivity contribution is -0.141. The third-order valence-corrected chi connectivity index (χ3v) is 2.35. The SMILES string of the molecule is CCOCCN(CCOCC)C(=O)C(C)(C)C. The number of hydrogen-bond donors (Lipinski definition) is 0. The van der Waals surface area contributed by atoms with E-state index in [4.69, 9.17) is 9.47 Å². The number of carbonyl (C=O) groups is 1. The molecule has 1 amide bonds. The van der Waals surface area contributed by atoms with E-state index in [0.29, 0.717) is 39.5 Å². The van der Waals surface area contributed by atoms with Gasteiger partial charge in [0.15, 0.2) is 0 Å². The summed E-state index contributed by atoms with van der Waals surface area (Å²) in [5, 5.41) is 0. The fourth-order valence-electron chi connectivity index (χ4n) is 1.43. The van der Waals surface area contributed by atoms with Crippen molar-refractivity contribution in [3.05, 3.63) is 0 Å². The molecule has 0 bridgehead atoms. The second-order valence-corrected chi connectivity index (χ2v) is 4.94. The minimum absolute atomic E-state index is 0.150. The van der Waals surface area contributed by atoms with Crippen molar-refractivity contribution in [2.45, 2.75) is 34.6 Å². The van der Waals surface area contributed by atoms with Gasteiger partial charge in [0.2, 0.25) is 5.91 Å². The van der Waals surface area contributed by atoms with Crippen LogP contribution >= 0.6 is 0 Å². The van der Waals surface area contributed by atoms with Crippen LogP contribution in [0, 0.1) is 5.41 Å². The van der Waals surface area contributed by atoms with Crippen molar-refractivity contribution in [3.63, 3.8) is 0 Å². The van der Waals surface area contributed by atoms with Crippen molar-refractivity contribution in [1.29, 1.82) is 0 Å². The van der Waals surface area contributed by atoms with E-state index >= 15 is 0 Å². The highest BCUT2D eigenvalue weighted by Gasteiger charge is 2.26. The van der Waals surface area contributed by atoms with E-state index in [1.54, 1.807) is 0 Å². The molecule has 0 heterocycles. The molecule has 17 heavy (non-hydrogen) atoms. The van der Waals surface area contributed by atoms with E-state index in [-0.39, 0.29) is 11.3 Å². The highest BCUT2D eigenvalue weighted by atomic mass is 16.5. The third kappa shape index (κ3) is 7.34. The van der Waals surface area contributed by atoms with Gasteiger partial charge in [-0.25, -0.2) is 0 Å². The van der Waals surface area contributed by atoms with E-state index in [2.05, 4.69) is 0 Å². The molecular formula is C13H27NO3. The van der Waals surface area contributed by atoms with Crippen molar-refractivity contribution < 1.29 is 14.3 Å². The smallest absolute Gasteiger partial charge is 0.228 e. The Balaban J connectivity index is 4.23. The Morgan fingerprint density at radius 1 is 1.00 bits per heavy atom. The minimum Gasteiger partial charge on any atom is -0.380 e. The largest absolute Gasteiger partial charge is 0.380 e. The van der Waals surface area contributed by atoms with Crippen LogP contribution in [0.3, 0.4) is 0 Å². The first kappa shape index (κ1) is 16.4. The van der Waals surface area contributed by atoms with Crippen LogP contribution in [0.1, 0.15) is 34.6 Å². The van der Waals surface area contributed by atoms with Gasteiger partial charge in [-0.3, -0.25) is 4.79 Å². The summed E-state index contributed by atoms with van der Waals surface area (Å²) in [4.78, 5) is 14.0. The number of carbonyl (C=O) groups excluding carboxylic acids is 1. The maximum atomic E-state index is 12.2. The molecule has 0 unspecified atom stereocenters. The van der Waals surface area contributed by atoms with E-state index < -0.39 is 0 Å². The summed E-state index contributed by atoms with van der Waals surface area (Å²) in [6, 6.07) is 0. The van der Waals surface area contributed by atoms with Crippen LogP contribution in [0.4, 0.5) is 0 Å². The number of rotatable bonds is 8. The summed E-state index contributed by atoms with van der Waals surface area (Å²) in [6.07, 6.45) is 0. The summed E-state index contributed by atoms with van der Waals surface area (Å²) < 4.78 is 10.6. The standard InChI is InChI=1S/C13H27NO3/c1-6-16-10-8-14(9-11-17-7-2)12(15)13(3,4)5/h6-11H2,1-5H3. The number of nitrogens with zero attached hydrogens (tertiary/aromatic N) is 1. The van der Waals surface area contributed by atoms with E-state index in [9.17, 15) is 4.79 Å². The minimum atomic E-state index is -0.349. The van der Waals surface area contributed by atoms with Gasteiger partial charge in [-0.1, -0.05) is 20.8 Å². The Morgan fingerprint density at radius 2 is 1.41 bits per heavy atom. The highest BCUT2D eigenvalue weighted by Crippen LogP contribution is 2.17. The second kappa shape index (κ2) is 8.48. The van der Waals surface area contributed by atoms with Crippen LogP contribution in [0.2, 0.25) is 0 Å². The molecule has 102 valence electrons. The molecule has 4 heteroatoms. The molecule has 0 saturated carbocycles. The van der Waals surface area contributed by atoms with Gasteiger partial charge >= 0.3 is 0 Å². The zero-order valence-electron chi connectivity index (χ0n) is 11.9. The fourth-order valence-corrected chi connectivity index (χ4v) is 1.43. The Labute approximate surface area is 105 Å². The van der Waals surface area contributed by atoms with Crippen molar-refractivity contribution in [1.82, 2.24) is 4.90 Å². The van der Waals surface area contributed by atoms with Crippen LogP contribution in [0.5, 0.6) is 0 Å². The van der Waals surface area contributed by atoms with Crippen molar-refractivity contribution in [3.8, 4) is 0 Å². The maximum absolute atomic E-state index is 12.2. The van der Waals surface area contributed by atoms with Gasteiger partial charge in [0.25, 0.3) is 0 Å². The van der Waals surface area contributed by atoms with Gasteiger partial charge in [-0.05, 0) is 13.8 Å². The van der Waals surface area contributed by atoms with E-state index in [0.717, 1.165) is 0 Å². The molecule has 4 nitrogen and oxygen atoms in total. The molecule has 0 aromatic heterocycles. The molecule has 0 aromatic carbocycles. The molecule has 0 aliphatic rings. The lowest BCUT2D eigenvalue weighted by Gasteiger charge is -2.29. The molecule has 0 spiro atoms. The Morgan fingerprint density at radius 3 is 1.71 bits per heavy atom. The Kier molecular flexibility index (Phi) is 8.17. The average Bonchev–Trinajstić information content (AvgIpc) is 2.25. The summed E-state index contributed by atoms with van der Waals surface area (Å²) in [5.74, 6) is 0.150. The molecule has 0 atom stereocenters. The number of hydrogen-bond acceptors (Lipinski definition) is 3. The zero-order chi connectivity index (χ0) is 13.3. The average molecular weight is 245 g/mol. The summed E-state index contributed by atoms with van der Waals surface area (Å²) in [5.41, 5.74) is -0.349. The lowest BCUT2D eigenvalue weighted by atomic mass is 9.95. The van der Waals surface area contributed by atoms with Crippen LogP contribution < -0.4 is 0 Å². The molecule has 0 fully saturated rings. The van der Waals surface area contributed by atoms with Gasteiger partial charge in [-0.15, -0.1) is 0 Å². The molecule has 0 aliphatic carbocycles. The molecule has 0 aromatic rings. The van der Waals surface area contributed by atoms with Gasteiger partial charge < -0.3 is 14.4 Å². The van der Waals surface area contributed by atoms with Gasteiger partial charge in [-0.2, -0.15) is 0 Å². The predicted octanol–water partition coefficient (Wildman–Crippen LogP) is 1.93. The van der Waals surface area contributed by atoms with E-state index in [1.807, 2.05) is 39.5 Å². The summed E-state index contributed by atoms with van der Waals surface area (Å²) in [6.45, 7) is 13.5. The van der Waals surface area contributed by atoms with Crippen LogP contribution in [-0.4, -0.2) is 50.3 Å². The van der Waals surface area contributed by atoms with E-state index in [1.165, 1.54) is 0 Å². The zero-order valence-corrected chi connectivity index (χ0v) is 11.9. The fraction of sp³-hybridized carbons (Fsp3) is 0.923. The molecule has 0 radical (unpaired) electrons. The monoisotopic (exact) mass is 245 g/mol. The van der Waals surface area contributed by atoms with Crippen LogP contribution in [0.15, 0.2) is 0 Å². The maximum Gasteiger partial charge on any atom is 0.228 e. The van der Waals surface area contributed by atoms with Crippen molar-refractivity contribution in [2.24, 2.45) is 5.41 Å². The summed E-state index contributed by atoms with van der Waals surface area (Å²) in [7, 11) is 0.